The number of nitrogens with one attached hydrogen (secondary N) is 1. The molecule has 3 rings (SSSR count). The standard InChI is InChI=1S/C17H13N3O4S/c1-24-12-5-2-10(3-6-12)15(21)20-17-19-9-14(25-17)11-4-7-13(16(22)23)18-8-11/h2-9H,1H3,(H,22,23)(H,19,20,21). The molecule has 126 valence electrons. The molecule has 0 radical (unpaired) electrons. The zero-order valence-corrected chi connectivity index (χ0v) is 13.9. The molecule has 0 fully saturated rings. The van der Waals surface area contributed by atoms with Gasteiger partial charge < -0.3 is 9.84 Å². The third kappa shape index (κ3) is 3.81. The second kappa shape index (κ2) is 7.10. The molecule has 25 heavy (non-hydrogen) atoms. The Balaban J connectivity index is 1.72. The lowest BCUT2D eigenvalue weighted by atomic mass is 10.2. The number of nitrogens with zero attached hydrogens (tertiary/aromatic N) is 2. The van der Waals surface area contributed by atoms with Crippen LogP contribution < -0.4 is 10.1 Å². The Hall–Kier alpha value is -3.26. The maximum absolute atomic E-state index is 12.2. The highest BCUT2D eigenvalue weighted by atomic mass is 32.1. The molecule has 0 aliphatic carbocycles. The SMILES string of the molecule is COc1ccc(C(=O)Nc2ncc(-c3ccc(C(=O)O)nc3)s2)cc1. The topological polar surface area (TPSA) is 101 Å². The van der Waals surface area contributed by atoms with Crippen LogP contribution in [-0.2, 0) is 0 Å². The molecule has 0 saturated carbocycles. The van der Waals surface area contributed by atoms with Crippen LogP contribution in [0.3, 0.4) is 0 Å². The van der Waals surface area contributed by atoms with Crippen LogP contribution in [0.5, 0.6) is 5.75 Å². The third-order valence-electron chi connectivity index (χ3n) is 3.35. The van der Waals surface area contributed by atoms with E-state index in [0.717, 1.165) is 10.4 Å². The maximum atomic E-state index is 12.2. The lowest BCUT2D eigenvalue weighted by molar-refractivity contribution is 0.0690. The monoisotopic (exact) mass is 355 g/mol. The molecule has 2 aromatic heterocycles. The van der Waals surface area contributed by atoms with Crippen LogP contribution in [0.4, 0.5) is 5.13 Å². The Morgan fingerprint density at radius 1 is 1.08 bits per heavy atom. The van der Waals surface area contributed by atoms with Crippen LogP contribution >= 0.6 is 11.3 Å². The van der Waals surface area contributed by atoms with Crippen molar-refractivity contribution >= 4 is 28.3 Å². The Bertz CT molecular complexity index is 904. The summed E-state index contributed by atoms with van der Waals surface area (Å²) in [6, 6.07) is 9.82. The summed E-state index contributed by atoms with van der Waals surface area (Å²) >= 11 is 1.28. The number of carbonyl (C=O) groups excluding carboxylic acids is 1. The number of anilines is 1. The molecule has 0 atom stereocenters. The molecule has 0 unspecified atom stereocenters. The first-order valence-electron chi connectivity index (χ1n) is 7.18. The summed E-state index contributed by atoms with van der Waals surface area (Å²) in [5, 5.41) is 12.0. The van der Waals surface area contributed by atoms with Gasteiger partial charge in [0.25, 0.3) is 5.91 Å². The predicted octanol–water partition coefficient (Wildman–Crippen LogP) is 3.16. The van der Waals surface area contributed by atoms with Crippen molar-refractivity contribution in [1.82, 2.24) is 9.97 Å². The fourth-order valence-electron chi connectivity index (χ4n) is 2.04. The Kier molecular flexibility index (Phi) is 4.71. The summed E-state index contributed by atoms with van der Waals surface area (Å²) in [5.41, 5.74) is 1.19. The lowest BCUT2D eigenvalue weighted by Gasteiger charge is -2.03. The summed E-state index contributed by atoms with van der Waals surface area (Å²) in [6.07, 6.45) is 3.07. The first-order chi connectivity index (χ1) is 12.1. The van der Waals surface area contributed by atoms with Crippen molar-refractivity contribution in [3.8, 4) is 16.2 Å². The van der Waals surface area contributed by atoms with Gasteiger partial charge in [0, 0.05) is 23.5 Å². The predicted molar refractivity (Wildman–Crippen MR) is 93.3 cm³/mol. The molecule has 0 aliphatic heterocycles. The third-order valence-corrected chi connectivity index (χ3v) is 4.31. The van der Waals surface area contributed by atoms with E-state index in [4.69, 9.17) is 9.84 Å². The number of aromatic nitrogens is 2. The largest absolute Gasteiger partial charge is 0.497 e. The molecule has 7 nitrogen and oxygen atoms in total. The minimum Gasteiger partial charge on any atom is -0.497 e. The zero-order chi connectivity index (χ0) is 17.8. The highest BCUT2D eigenvalue weighted by Gasteiger charge is 2.11. The van der Waals surface area contributed by atoms with Crippen molar-refractivity contribution in [1.29, 1.82) is 0 Å². The van der Waals surface area contributed by atoms with Gasteiger partial charge in [-0.25, -0.2) is 14.8 Å². The van der Waals surface area contributed by atoms with Crippen LogP contribution in [0.1, 0.15) is 20.8 Å². The van der Waals surface area contributed by atoms with Gasteiger partial charge >= 0.3 is 5.97 Å². The average molecular weight is 355 g/mol. The van der Waals surface area contributed by atoms with Gasteiger partial charge in [-0.2, -0.15) is 0 Å². The number of carbonyl (C=O) groups is 2. The Morgan fingerprint density at radius 3 is 2.44 bits per heavy atom. The van der Waals surface area contributed by atoms with E-state index in [1.807, 2.05) is 0 Å². The first-order valence-corrected chi connectivity index (χ1v) is 7.99. The molecule has 3 aromatic rings. The number of thiazole rings is 1. The molecule has 0 aliphatic rings. The summed E-state index contributed by atoms with van der Waals surface area (Å²) in [4.78, 5) is 31.8. The quantitative estimate of drug-likeness (QED) is 0.729. The molecule has 8 heteroatoms. The minimum absolute atomic E-state index is 0.0266. The zero-order valence-electron chi connectivity index (χ0n) is 13.1. The molecule has 0 saturated heterocycles. The van der Waals surface area contributed by atoms with Crippen molar-refractivity contribution in [3.05, 3.63) is 60.0 Å². The van der Waals surface area contributed by atoms with Gasteiger partial charge in [-0.05, 0) is 36.4 Å². The molecule has 2 N–H and O–H groups in total. The smallest absolute Gasteiger partial charge is 0.354 e. The van der Waals surface area contributed by atoms with Gasteiger partial charge in [0.1, 0.15) is 11.4 Å². The van der Waals surface area contributed by atoms with E-state index in [1.165, 1.54) is 23.6 Å². The summed E-state index contributed by atoms with van der Waals surface area (Å²) in [6.45, 7) is 0. The molecule has 2 heterocycles. The number of hydrogen-bond acceptors (Lipinski definition) is 6. The van der Waals surface area contributed by atoms with Gasteiger partial charge in [0.2, 0.25) is 0 Å². The van der Waals surface area contributed by atoms with Crippen molar-refractivity contribution in [2.24, 2.45) is 0 Å². The Morgan fingerprint density at radius 2 is 1.84 bits per heavy atom. The van der Waals surface area contributed by atoms with Gasteiger partial charge in [0.05, 0.1) is 12.0 Å². The highest BCUT2D eigenvalue weighted by molar-refractivity contribution is 7.19. The second-order valence-corrected chi connectivity index (χ2v) is 5.98. The van der Waals surface area contributed by atoms with Gasteiger partial charge in [-0.3, -0.25) is 10.1 Å². The number of amides is 1. The first kappa shape index (κ1) is 16.6. The lowest BCUT2D eigenvalue weighted by Crippen LogP contribution is -2.11. The van der Waals surface area contributed by atoms with Crippen LogP contribution in [0.15, 0.2) is 48.8 Å². The van der Waals surface area contributed by atoms with E-state index < -0.39 is 5.97 Å². The maximum Gasteiger partial charge on any atom is 0.354 e. The average Bonchev–Trinajstić information content (AvgIpc) is 3.10. The summed E-state index contributed by atoms with van der Waals surface area (Å²) in [7, 11) is 1.56. The fraction of sp³-hybridized carbons (Fsp3) is 0.0588. The number of rotatable bonds is 5. The number of ether oxygens (including phenoxy) is 1. The van der Waals surface area contributed by atoms with Crippen LogP contribution in [0, 0.1) is 0 Å². The molecule has 0 spiro atoms. The van der Waals surface area contributed by atoms with Crippen LogP contribution in [0.25, 0.3) is 10.4 Å². The van der Waals surface area contributed by atoms with Gasteiger partial charge in [-0.15, -0.1) is 0 Å². The van der Waals surface area contributed by atoms with Gasteiger partial charge in [0.15, 0.2) is 5.13 Å². The number of methoxy groups -OCH3 is 1. The summed E-state index contributed by atoms with van der Waals surface area (Å²) < 4.78 is 5.06. The van der Waals surface area contributed by atoms with Crippen molar-refractivity contribution in [2.45, 2.75) is 0 Å². The number of hydrogen-bond donors (Lipinski definition) is 2. The number of pyridine rings is 1. The highest BCUT2D eigenvalue weighted by Crippen LogP contribution is 2.28. The molecule has 1 aromatic carbocycles. The number of benzene rings is 1. The van der Waals surface area contributed by atoms with E-state index in [0.29, 0.717) is 16.4 Å². The van der Waals surface area contributed by atoms with E-state index in [2.05, 4.69) is 15.3 Å². The minimum atomic E-state index is -1.08. The normalized spacial score (nSPS) is 10.3. The molecule has 0 bridgehead atoms. The second-order valence-electron chi connectivity index (χ2n) is 4.95. The van der Waals surface area contributed by atoms with Crippen molar-refractivity contribution < 1.29 is 19.4 Å². The number of carboxylic acid groups (broad SMARTS) is 1. The van der Waals surface area contributed by atoms with Crippen molar-refractivity contribution in [2.75, 3.05) is 12.4 Å². The van der Waals surface area contributed by atoms with Crippen LogP contribution in [-0.4, -0.2) is 34.1 Å². The molecule has 1 amide bonds. The molecular weight excluding hydrogens is 342 g/mol. The summed E-state index contributed by atoms with van der Waals surface area (Å²) in [5.74, 6) is -0.684. The van der Waals surface area contributed by atoms with E-state index in [1.54, 1.807) is 43.6 Å². The number of aromatic carboxylic acids is 1. The molecular formula is C17H13N3O4S. The Labute approximate surface area is 147 Å². The number of carboxylic acids is 1. The van der Waals surface area contributed by atoms with E-state index in [9.17, 15) is 9.59 Å². The van der Waals surface area contributed by atoms with E-state index in [-0.39, 0.29) is 11.6 Å². The van der Waals surface area contributed by atoms with Gasteiger partial charge in [-0.1, -0.05) is 11.3 Å². The fourth-order valence-corrected chi connectivity index (χ4v) is 2.84. The van der Waals surface area contributed by atoms with Crippen LogP contribution in [0.2, 0.25) is 0 Å². The van der Waals surface area contributed by atoms with Crippen molar-refractivity contribution in [3.63, 3.8) is 0 Å². The van der Waals surface area contributed by atoms with E-state index >= 15 is 0 Å².